The third kappa shape index (κ3) is 5.69. The summed E-state index contributed by atoms with van der Waals surface area (Å²) >= 11 is 1.62. The predicted octanol–water partition coefficient (Wildman–Crippen LogP) is 5.75. The molecule has 0 bridgehead atoms. The fourth-order valence-electron chi connectivity index (χ4n) is 3.27. The van der Waals surface area contributed by atoms with Crippen molar-refractivity contribution >= 4 is 29.2 Å². The molecule has 2 aromatic heterocycles. The summed E-state index contributed by atoms with van der Waals surface area (Å²) in [5.41, 5.74) is 3.26. The Kier molecular flexibility index (Phi) is 6.60. The number of aromatic nitrogens is 4. The molecule has 0 aliphatic carbocycles. The number of benzene rings is 2. The first-order chi connectivity index (χ1) is 15.9. The van der Waals surface area contributed by atoms with Gasteiger partial charge < -0.3 is 15.4 Å². The molecule has 4 aromatic rings. The fourth-order valence-corrected chi connectivity index (χ4v) is 3.73. The summed E-state index contributed by atoms with van der Waals surface area (Å²) in [5, 5.41) is 10.1. The SMILES string of the molecule is CSc1cccc(NC(=O)Nc2ccc(Oc3cc(-n4nc(C)cc4C)nc(C)n3)cc2)c1. The van der Waals surface area contributed by atoms with Gasteiger partial charge in [0.1, 0.15) is 11.6 Å². The molecule has 0 atom stereocenters. The minimum atomic E-state index is -0.317. The number of ether oxygens (including phenoxy) is 1. The van der Waals surface area contributed by atoms with Gasteiger partial charge in [-0.1, -0.05) is 6.07 Å². The number of nitrogens with zero attached hydrogens (tertiary/aromatic N) is 4. The van der Waals surface area contributed by atoms with E-state index in [1.165, 1.54) is 0 Å². The fraction of sp³-hybridized carbons (Fsp3) is 0.167. The number of rotatable bonds is 6. The van der Waals surface area contributed by atoms with Crippen molar-refractivity contribution in [2.24, 2.45) is 0 Å². The quantitative estimate of drug-likeness (QED) is 0.356. The molecule has 0 unspecified atom stereocenters. The van der Waals surface area contributed by atoms with Crippen LogP contribution in [0.15, 0.2) is 65.6 Å². The van der Waals surface area contributed by atoms with E-state index in [4.69, 9.17) is 4.74 Å². The Bertz CT molecular complexity index is 1290. The second-order valence-corrected chi connectivity index (χ2v) is 8.27. The van der Waals surface area contributed by atoms with Gasteiger partial charge >= 0.3 is 6.03 Å². The number of nitrogens with one attached hydrogen (secondary N) is 2. The number of hydrogen-bond donors (Lipinski definition) is 2. The lowest BCUT2D eigenvalue weighted by molar-refractivity contribution is 0.262. The van der Waals surface area contributed by atoms with Crippen molar-refractivity contribution in [1.29, 1.82) is 0 Å². The van der Waals surface area contributed by atoms with Gasteiger partial charge in [-0.05, 0) is 75.6 Å². The summed E-state index contributed by atoms with van der Waals surface area (Å²) in [6.07, 6.45) is 1.99. The normalized spacial score (nSPS) is 10.7. The Labute approximate surface area is 196 Å². The van der Waals surface area contributed by atoms with Gasteiger partial charge in [0.25, 0.3) is 0 Å². The minimum Gasteiger partial charge on any atom is -0.439 e. The molecule has 0 fully saturated rings. The number of carbonyl (C=O) groups is 1. The minimum absolute atomic E-state index is 0.317. The number of carbonyl (C=O) groups excluding carboxylic acids is 1. The van der Waals surface area contributed by atoms with Gasteiger partial charge in [-0.2, -0.15) is 10.1 Å². The number of amides is 2. The second-order valence-electron chi connectivity index (χ2n) is 7.39. The van der Waals surface area contributed by atoms with E-state index in [9.17, 15) is 4.79 Å². The van der Waals surface area contributed by atoms with Gasteiger partial charge in [-0.15, -0.1) is 11.8 Å². The Balaban J connectivity index is 1.42. The Hall–Kier alpha value is -3.85. The van der Waals surface area contributed by atoms with Crippen LogP contribution in [0.4, 0.5) is 16.2 Å². The number of thioether (sulfide) groups is 1. The van der Waals surface area contributed by atoms with E-state index in [1.807, 2.05) is 57.4 Å². The molecular weight excluding hydrogens is 436 g/mol. The number of hydrogen-bond acceptors (Lipinski definition) is 6. The van der Waals surface area contributed by atoms with Crippen molar-refractivity contribution in [2.75, 3.05) is 16.9 Å². The average molecular weight is 461 g/mol. The summed E-state index contributed by atoms with van der Waals surface area (Å²) in [6.45, 7) is 5.72. The van der Waals surface area contributed by atoms with E-state index in [1.54, 1.807) is 46.8 Å². The zero-order valence-corrected chi connectivity index (χ0v) is 19.6. The van der Waals surface area contributed by atoms with Gasteiger partial charge in [0.2, 0.25) is 5.88 Å². The topological polar surface area (TPSA) is 94.0 Å². The summed E-state index contributed by atoms with van der Waals surface area (Å²) < 4.78 is 7.69. The van der Waals surface area contributed by atoms with Crippen LogP contribution in [0.2, 0.25) is 0 Å². The molecule has 9 heteroatoms. The monoisotopic (exact) mass is 460 g/mol. The number of aryl methyl sites for hydroxylation is 3. The zero-order valence-electron chi connectivity index (χ0n) is 18.8. The van der Waals surface area contributed by atoms with Crippen molar-refractivity contribution in [3.05, 3.63) is 77.9 Å². The molecule has 2 heterocycles. The van der Waals surface area contributed by atoms with E-state index >= 15 is 0 Å². The highest BCUT2D eigenvalue weighted by Crippen LogP contribution is 2.24. The standard InChI is InChI=1S/C24H24N6O2S/c1-15-12-16(2)30(29-15)22-14-23(26-17(3)25-22)32-20-10-8-18(9-11-20)27-24(31)28-19-6-5-7-21(13-19)33-4/h5-14H,1-4H3,(H2,27,28,31). The van der Waals surface area contributed by atoms with Gasteiger partial charge in [0.15, 0.2) is 5.82 Å². The number of urea groups is 1. The van der Waals surface area contributed by atoms with E-state index in [0.717, 1.165) is 22.0 Å². The molecule has 0 aliphatic heterocycles. The molecule has 0 saturated carbocycles. The number of anilines is 2. The first kappa shape index (κ1) is 22.3. The highest BCUT2D eigenvalue weighted by molar-refractivity contribution is 7.98. The molecule has 168 valence electrons. The molecule has 0 saturated heterocycles. The molecule has 33 heavy (non-hydrogen) atoms. The van der Waals surface area contributed by atoms with E-state index in [0.29, 0.717) is 29.0 Å². The third-order valence-electron chi connectivity index (χ3n) is 4.69. The zero-order chi connectivity index (χ0) is 23.4. The maximum absolute atomic E-state index is 12.3. The van der Waals surface area contributed by atoms with Crippen molar-refractivity contribution in [3.8, 4) is 17.4 Å². The van der Waals surface area contributed by atoms with E-state index < -0.39 is 0 Å². The van der Waals surface area contributed by atoms with Crippen LogP contribution in [0.5, 0.6) is 11.6 Å². The largest absolute Gasteiger partial charge is 0.439 e. The molecule has 0 aliphatic rings. The smallest absolute Gasteiger partial charge is 0.323 e. The highest BCUT2D eigenvalue weighted by Gasteiger charge is 2.10. The van der Waals surface area contributed by atoms with Crippen LogP contribution in [-0.4, -0.2) is 32.0 Å². The summed E-state index contributed by atoms with van der Waals surface area (Å²) in [5.74, 6) is 2.22. The van der Waals surface area contributed by atoms with Crippen molar-refractivity contribution in [2.45, 2.75) is 25.7 Å². The predicted molar refractivity (Wildman–Crippen MR) is 131 cm³/mol. The maximum atomic E-state index is 12.3. The molecule has 2 N–H and O–H groups in total. The maximum Gasteiger partial charge on any atom is 0.323 e. The van der Waals surface area contributed by atoms with Crippen LogP contribution < -0.4 is 15.4 Å². The van der Waals surface area contributed by atoms with Gasteiger partial charge in [0.05, 0.1) is 5.69 Å². The lowest BCUT2D eigenvalue weighted by Gasteiger charge is -2.11. The van der Waals surface area contributed by atoms with Crippen LogP contribution >= 0.6 is 11.8 Å². The molecule has 0 radical (unpaired) electrons. The summed E-state index contributed by atoms with van der Waals surface area (Å²) in [7, 11) is 0. The first-order valence-corrected chi connectivity index (χ1v) is 11.5. The lowest BCUT2D eigenvalue weighted by atomic mass is 10.3. The van der Waals surface area contributed by atoms with Crippen LogP contribution in [-0.2, 0) is 0 Å². The van der Waals surface area contributed by atoms with Gasteiger partial charge in [0, 0.05) is 28.0 Å². The average Bonchev–Trinajstić information content (AvgIpc) is 3.12. The highest BCUT2D eigenvalue weighted by atomic mass is 32.2. The Morgan fingerprint density at radius 3 is 2.39 bits per heavy atom. The first-order valence-electron chi connectivity index (χ1n) is 10.3. The van der Waals surface area contributed by atoms with Crippen molar-refractivity contribution in [3.63, 3.8) is 0 Å². The summed E-state index contributed by atoms with van der Waals surface area (Å²) in [4.78, 5) is 22.2. The van der Waals surface area contributed by atoms with Crippen molar-refractivity contribution < 1.29 is 9.53 Å². The lowest BCUT2D eigenvalue weighted by Crippen LogP contribution is -2.19. The van der Waals surface area contributed by atoms with Crippen molar-refractivity contribution in [1.82, 2.24) is 19.7 Å². The molecule has 8 nitrogen and oxygen atoms in total. The van der Waals surface area contributed by atoms with E-state index in [-0.39, 0.29) is 6.03 Å². The van der Waals surface area contributed by atoms with Crippen LogP contribution in [0.25, 0.3) is 5.82 Å². The van der Waals surface area contributed by atoms with Gasteiger partial charge in [-0.25, -0.2) is 14.5 Å². The van der Waals surface area contributed by atoms with Crippen LogP contribution in [0.1, 0.15) is 17.2 Å². The van der Waals surface area contributed by atoms with Crippen LogP contribution in [0.3, 0.4) is 0 Å². The molecule has 0 spiro atoms. The summed E-state index contributed by atoms with van der Waals surface area (Å²) in [6, 6.07) is 18.2. The molecular formula is C24H24N6O2S. The Morgan fingerprint density at radius 2 is 1.70 bits per heavy atom. The molecule has 2 aromatic carbocycles. The van der Waals surface area contributed by atoms with E-state index in [2.05, 4.69) is 25.7 Å². The third-order valence-corrected chi connectivity index (χ3v) is 5.42. The van der Waals surface area contributed by atoms with Crippen LogP contribution in [0, 0.1) is 20.8 Å². The molecule has 4 rings (SSSR count). The second kappa shape index (κ2) is 9.74. The van der Waals surface area contributed by atoms with Gasteiger partial charge in [-0.3, -0.25) is 0 Å². The Morgan fingerprint density at radius 1 is 0.939 bits per heavy atom. The molecule has 2 amide bonds.